The molecule has 0 aliphatic carbocycles. The fraction of sp³-hybridized carbons (Fsp3) is 0.776. The number of carbonyl (C=O) groups excluding carboxylic acids is 1. The molecule has 4 heterocycles. The second kappa shape index (κ2) is 28.6. The Hall–Kier alpha value is -3.65. The number of aliphatic hydroxyl groups excluding tert-OH is 2. The number of rotatable bonds is 20. The van der Waals surface area contributed by atoms with Crippen LogP contribution in [0.3, 0.4) is 0 Å². The highest BCUT2D eigenvalue weighted by Gasteiger charge is 2.53. The van der Waals surface area contributed by atoms with E-state index in [4.69, 9.17) is 42.6 Å². The first-order valence-corrected chi connectivity index (χ1v) is 28.1. The summed E-state index contributed by atoms with van der Waals surface area (Å²) in [5.74, 6) is -4.00. The molecule has 0 unspecified atom stereocenters. The molecule has 21 heteroatoms. The van der Waals surface area contributed by atoms with E-state index in [1.165, 1.54) is 13.1 Å². The Labute approximate surface area is 467 Å². The number of pyridine rings is 1. The summed E-state index contributed by atoms with van der Waals surface area (Å²) in [6, 6.07) is 4.42. The molecular weight excluding hydrogens is 1020 g/mol. The number of hydrogen-bond donors (Lipinski definition) is 5. The lowest BCUT2D eigenvalue weighted by Crippen LogP contribution is -2.61. The van der Waals surface area contributed by atoms with E-state index >= 15 is 0 Å². The minimum atomic E-state index is -1.84. The zero-order chi connectivity index (χ0) is 58.9. The lowest BCUT2D eigenvalue weighted by molar-refractivity contribution is -0.321. The van der Waals surface area contributed by atoms with Crippen LogP contribution in [-0.2, 0) is 47.4 Å². The van der Waals surface area contributed by atoms with E-state index in [-0.39, 0.29) is 42.9 Å². The van der Waals surface area contributed by atoms with Gasteiger partial charge in [0.15, 0.2) is 12.6 Å². The van der Waals surface area contributed by atoms with Crippen LogP contribution in [0.15, 0.2) is 35.3 Å². The number of hydrogen-bond acceptors (Lipinski definition) is 19. The van der Waals surface area contributed by atoms with Crippen LogP contribution in [0.25, 0.3) is 17.0 Å². The zero-order valence-electron chi connectivity index (χ0n) is 49.8. The van der Waals surface area contributed by atoms with E-state index in [0.717, 1.165) is 5.56 Å². The van der Waals surface area contributed by atoms with E-state index in [9.17, 15) is 39.9 Å². The number of carboxylic acid groups (broad SMARTS) is 1. The number of fused-ring (bicyclic) bond motifs is 1. The van der Waals surface area contributed by atoms with Gasteiger partial charge in [-0.05, 0) is 119 Å². The Kier molecular flexibility index (Phi) is 23.9. The van der Waals surface area contributed by atoms with Crippen molar-refractivity contribution in [2.75, 3.05) is 86.9 Å². The number of esters is 1. The van der Waals surface area contributed by atoms with Gasteiger partial charge in [0, 0.05) is 77.0 Å². The molecule has 3 aliphatic heterocycles. The summed E-state index contributed by atoms with van der Waals surface area (Å²) in [6.45, 7) is 20.1. The number of carbonyl (C=O) groups is 2. The maximum atomic E-state index is 14.6. The SMILES string of the molecule is CC[C@H]1OC(=O)[C@H](C)[C@@H](O[C@H]2C[C@@](C)(OC)[C@@H](OCCCOCCOC/C=C/c3ccc4c(c3)c(=O)c(C(=O)O)cn4N(C)C)[C@H](C)O2)[C@H](C)[C@@H](O[C@@H]2O[C@H](C)C[C@H](N(C)C)[C@H]2O)[C@](C)(O)C[C@@H](C)CN(C)[C@H](C)[C@@H](O)[C@]1(C)O. The number of ether oxygens (including phenoxy) is 9. The first kappa shape index (κ1) is 66.2. The lowest BCUT2D eigenvalue weighted by Gasteiger charge is -2.49. The van der Waals surface area contributed by atoms with Gasteiger partial charge in [0.25, 0.3) is 0 Å². The highest BCUT2D eigenvalue weighted by atomic mass is 16.7. The maximum absolute atomic E-state index is 14.6. The van der Waals surface area contributed by atoms with Crippen molar-refractivity contribution in [3.8, 4) is 0 Å². The van der Waals surface area contributed by atoms with Gasteiger partial charge in [0.2, 0.25) is 5.43 Å². The second-order valence-corrected chi connectivity index (χ2v) is 23.6. The molecule has 3 fully saturated rings. The van der Waals surface area contributed by atoms with Crippen molar-refractivity contribution in [2.24, 2.45) is 17.8 Å². The first-order chi connectivity index (χ1) is 37.0. The van der Waals surface area contributed by atoms with Gasteiger partial charge in [-0.1, -0.05) is 39.0 Å². The summed E-state index contributed by atoms with van der Waals surface area (Å²) in [4.78, 5) is 43.1. The van der Waals surface area contributed by atoms with Crippen molar-refractivity contribution in [1.82, 2.24) is 14.5 Å². The maximum Gasteiger partial charge on any atom is 0.341 e. The zero-order valence-corrected chi connectivity index (χ0v) is 49.8. The number of carboxylic acids is 1. The highest BCUT2D eigenvalue weighted by molar-refractivity contribution is 5.93. The fourth-order valence-electron chi connectivity index (χ4n) is 11.9. The van der Waals surface area contributed by atoms with E-state index < -0.39 is 107 Å². The molecule has 2 aromatic rings. The molecule has 3 aliphatic rings. The van der Waals surface area contributed by atoms with Crippen molar-refractivity contribution in [3.05, 3.63) is 51.8 Å². The van der Waals surface area contributed by atoms with Crippen molar-refractivity contribution in [3.63, 3.8) is 0 Å². The Morgan fingerprint density at radius 2 is 1.59 bits per heavy atom. The average Bonchev–Trinajstić information content (AvgIpc) is 3.38. The minimum absolute atomic E-state index is 0.177. The third-order valence-electron chi connectivity index (χ3n) is 16.5. The van der Waals surface area contributed by atoms with Gasteiger partial charge in [-0.3, -0.25) is 14.3 Å². The molecular formula is C58H96N4O17. The lowest BCUT2D eigenvalue weighted by atomic mass is 9.77. The fourth-order valence-corrected chi connectivity index (χ4v) is 11.9. The highest BCUT2D eigenvalue weighted by Crippen LogP contribution is 2.41. The van der Waals surface area contributed by atoms with Crippen LogP contribution >= 0.6 is 0 Å². The molecule has 0 radical (unpaired) electrons. The minimum Gasteiger partial charge on any atom is -0.477 e. The average molecular weight is 1120 g/mol. The quantitative estimate of drug-likeness (QED) is 0.0917. The smallest absolute Gasteiger partial charge is 0.341 e. The van der Waals surface area contributed by atoms with Crippen LogP contribution in [0.2, 0.25) is 0 Å². The van der Waals surface area contributed by atoms with Crippen molar-refractivity contribution in [1.29, 1.82) is 0 Å². The molecule has 21 nitrogen and oxygen atoms in total. The molecule has 0 spiro atoms. The predicted octanol–water partition coefficient (Wildman–Crippen LogP) is 4.27. The monoisotopic (exact) mass is 1120 g/mol. The molecule has 3 saturated heterocycles. The molecule has 79 heavy (non-hydrogen) atoms. The number of nitrogens with zero attached hydrogens (tertiary/aromatic N) is 4. The van der Waals surface area contributed by atoms with Crippen LogP contribution in [-0.4, -0.2) is 224 Å². The Bertz CT molecular complexity index is 2360. The summed E-state index contributed by atoms with van der Waals surface area (Å²) in [5.41, 5.74) is -3.92. The third kappa shape index (κ3) is 16.3. The van der Waals surface area contributed by atoms with Crippen LogP contribution in [0, 0.1) is 17.8 Å². The van der Waals surface area contributed by atoms with Gasteiger partial charge in [0.1, 0.15) is 35.6 Å². The van der Waals surface area contributed by atoms with E-state index in [0.29, 0.717) is 63.3 Å². The standard InChI is InChI=1S/C58H96N4O17/c1-17-45-58(10,70)50(65)38(6)61(15)32-34(2)30-56(8,69)51(79-55-48(64)44(59(11)12)28-35(3)75-55)36(4)49(37(5)54(68)77-45)78-46-31-57(9,71-16)52(39(7)76-46)74-25-19-24-73-27-26-72-23-18-20-40-21-22-43-41(29-40)47(63)42(53(66)67)33-62(43)60(13)14/h18,20-22,29,33-39,44-46,48-52,55,64-65,69-70H,17,19,23-28,30-32H2,1-16H3,(H,66,67)/b20-18+/t34-,35-,36+,37-,38-,39+,44+,45-,46+,48-,49+,50-,51-,52+,55+,56-,57-,58-/m1/s1. The van der Waals surface area contributed by atoms with Crippen LogP contribution in [0.1, 0.15) is 117 Å². The Morgan fingerprint density at radius 3 is 2.23 bits per heavy atom. The number of methoxy groups -OCH3 is 1. The molecule has 5 rings (SSSR count). The van der Waals surface area contributed by atoms with Gasteiger partial charge < -0.3 is 83.0 Å². The summed E-state index contributed by atoms with van der Waals surface area (Å²) in [5, 5.41) is 59.7. The van der Waals surface area contributed by atoms with Crippen molar-refractivity contribution >= 4 is 28.9 Å². The van der Waals surface area contributed by atoms with Gasteiger partial charge in [-0.15, -0.1) is 0 Å². The topological polar surface area (TPSA) is 250 Å². The Balaban J connectivity index is 1.26. The summed E-state index contributed by atoms with van der Waals surface area (Å²) >= 11 is 0. The van der Waals surface area contributed by atoms with Crippen molar-refractivity contribution in [2.45, 2.75) is 192 Å². The van der Waals surface area contributed by atoms with E-state index in [2.05, 4.69) is 0 Å². The molecule has 5 N–H and O–H groups in total. The van der Waals surface area contributed by atoms with Gasteiger partial charge in [-0.25, -0.2) is 4.79 Å². The number of likely N-dealkylation sites (N-methyl/N-ethyl adjacent to an activating group) is 2. The normalized spacial score (nSPS) is 36.8. The summed E-state index contributed by atoms with van der Waals surface area (Å²) in [6.07, 6.45) is -2.46. The van der Waals surface area contributed by atoms with Crippen LogP contribution in [0.5, 0.6) is 0 Å². The number of aliphatic hydroxyl groups is 4. The molecule has 18 atom stereocenters. The number of aromatic nitrogens is 1. The van der Waals surface area contributed by atoms with Crippen LogP contribution < -0.4 is 10.4 Å². The second-order valence-electron chi connectivity index (χ2n) is 23.6. The number of cyclic esters (lactones) is 1. The molecule has 450 valence electrons. The van der Waals surface area contributed by atoms with E-state index in [1.54, 1.807) is 70.7 Å². The van der Waals surface area contributed by atoms with Gasteiger partial charge in [0.05, 0.1) is 66.9 Å². The van der Waals surface area contributed by atoms with E-state index in [1.807, 2.05) is 83.8 Å². The molecule has 0 amide bonds. The first-order valence-electron chi connectivity index (χ1n) is 28.1. The Morgan fingerprint density at radius 1 is 0.911 bits per heavy atom. The molecule has 0 bridgehead atoms. The van der Waals surface area contributed by atoms with Gasteiger partial charge >= 0.3 is 11.9 Å². The predicted molar refractivity (Wildman–Crippen MR) is 298 cm³/mol. The molecule has 1 aromatic heterocycles. The third-order valence-corrected chi connectivity index (χ3v) is 16.5. The summed E-state index contributed by atoms with van der Waals surface area (Å²) < 4.78 is 58.7. The largest absolute Gasteiger partial charge is 0.477 e. The van der Waals surface area contributed by atoms with Crippen LogP contribution in [0.4, 0.5) is 0 Å². The summed E-state index contributed by atoms with van der Waals surface area (Å²) in [7, 11) is 10.7. The number of aromatic carboxylic acids is 1. The molecule has 1 aromatic carbocycles. The number of benzene rings is 1. The van der Waals surface area contributed by atoms with Crippen molar-refractivity contribution < 1.29 is 77.8 Å². The van der Waals surface area contributed by atoms with Gasteiger partial charge in [-0.2, -0.15) is 0 Å². The molecule has 0 saturated carbocycles.